The first kappa shape index (κ1) is 13.7. The second-order valence-corrected chi connectivity index (χ2v) is 5.62. The summed E-state index contributed by atoms with van der Waals surface area (Å²) in [5.41, 5.74) is 4.28. The van der Waals surface area contributed by atoms with Crippen molar-refractivity contribution in [3.63, 3.8) is 0 Å². The van der Waals surface area contributed by atoms with Gasteiger partial charge in [-0.05, 0) is 43.7 Å². The van der Waals surface area contributed by atoms with Gasteiger partial charge in [-0.25, -0.2) is 4.79 Å². The third kappa shape index (κ3) is 1.97. The third-order valence-electron chi connectivity index (χ3n) is 4.38. The first-order valence-electron chi connectivity index (χ1n) is 7.31. The van der Waals surface area contributed by atoms with Crippen molar-refractivity contribution in [2.45, 2.75) is 13.8 Å². The number of carboxylic acids is 1. The van der Waals surface area contributed by atoms with Crippen LogP contribution in [0.1, 0.15) is 21.6 Å². The van der Waals surface area contributed by atoms with E-state index in [9.17, 15) is 9.90 Å². The molecule has 4 rings (SSSR count). The number of aromatic nitrogens is 1. The SMILES string of the molecule is Cc1c(C)n(-c2ccc3c(c2)OCO3)c2cc(C(=O)O)ccc12. The molecule has 0 spiro atoms. The zero-order valence-electron chi connectivity index (χ0n) is 12.8. The molecule has 0 unspecified atom stereocenters. The molecule has 0 atom stereocenters. The lowest BCUT2D eigenvalue weighted by Crippen LogP contribution is -1.99. The Bertz CT molecular complexity index is 955. The van der Waals surface area contributed by atoms with Crippen molar-refractivity contribution >= 4 is 16.9 Å². The molecule has 0 bridgehead atoms. The highest BCUT2D eigenvalue weighted by molar-refractivity contribution is 5.95. The second kappa shape index (κ2) is 4.78. The molecule has 1 aromatic heterocycles. The number of hydrogen-bond donors (Lipinski definition) is 1. The Balaban J connectivity index is 2.00. The summed E-state index contributed by atoms with van der Waals surface area (Å²) in [7, 11) is 0. The number of carboxylic acid groups (broad SMARTS) is 1. The average molecular weight is 309 g/mol. The van der Waals surface area contributed by atoms with Crippen molar-refractivity contribution in [2.75, 3.05) is 6.79 Å². The molecule has 0 amide bonds. The molecule has 2 heterocycles. The molecular formula is C18H15NO4. The molecule has 0 aliphatic carbocycles. The van der Waals surface area contributed by atoms with Crippen LogP contribution in [-0.4, -0.2) is 22.4 Å². The van der Waals surface area contributed by atoms with Gasteiger partial charge in [0.1, 0.15) is 0 Å². The normalized spacial score (nSPS) is 12.8. The lowest BCUT2D eigenvalue weighted by Gasteiger charge is -2.10. The average Bonchev–Trinajstić information content (AvgIpc) is 3.10. The van der Waals surface area contributed by atoms with Crippen molar-refractivity contribution in [1.29, 1.82) is 0 Å². The van der Waals surface area contributed by atoms with E-state index in [4.69, 9.17) is 9.47 Å². The standard InChI is InChI=1S/C18H15NO4/c1-10-11(2)19(13-4-6-16-17(8-13)23-9-22-16)15-7-12(18(20)21)3-5-14(10)15/h3-8H,9H2,1-2H3,(H,20,21). The summed E-state index contributed by atoms with van der Waals surface area (Å²) in [6, 6.07) is 11.0. The fourth-order valence-corrected chi connectivity index (χ4v) is 3.07. The maximum Gasteiger partial charge on any atom is 0.335 e. The summed E-state index contributed by atoms with van der Waals surface area (Å²) in [5, 5.41) is 10.3. The molecule has 3 aromatic rings. The van der Waals surface area contributed by atoms with Crippen LogP contribution in [0, 0.1) is 13.8 Å². The summed E-state index contributed by atoms with van der Waals surface area (Å²) in [6.07, 6.45) is 0. The Labute approximate surface area is 132 Å². The molecule has 23 heavy (non-hydrogen) atoms. The van der Waals surface area contributed by atoms with E-state index in [-0.39, 0.29) is 12.4 Å². The molecule has 1 aliphatic rings. The van der Waals surface area contributed by atoms with Crippen molar-refractivity contribution in [3.8, 4) is 17.2 Å². The van der Waals surface area contributed by atoms with E-state index >= 15 is 0 Å². The van der Waals surface area contributed by atoms with Gasteiger partial charge in [0.15, 0.2) is 11.5 Å². The molecular weight excluding hydrogens is 294 g/mol. The fraction of sp³-hybridized carbons (Fsp3) is 0.167. The molecule has 116 valence electrons. The maximum absolute atomic E-state index is 11.3. The number of aryl methyl sites for hydroxylation is 1. The molecule has 1 N–H and O–H groups in total. The topological polar surface area (TPSA) is 60.7 Å². The largest absolute Gasteiger partial charge is 0.478 e. The van der Waals surface area contributed by atoms with E-state index in [1.165, 1.54) is 0 Å². The molecule has 0 radical (unpaired) electrons. The van der Waals surface area contributed by atoms with Crippen LogP contribution in [0.4, 0.5) is 0 Å². The molecule has 0 fully saturated rings. The zero-order valence-corrected chi connectivity index (χ0v) is 12.8. The van der Waals surface area contributed by atoms with Crippen LogP contribution in [-0.2, 0) is 0 Å². The van der Waals surface area contributed by atoms with Gasteiger partial charge in [-0.15, -0.1) is 0 Å². The van der Waals surface area contributed by atoms with Crippen LogP contribution in [0.15, 0.2) is 36.4 Å². The van der Waals surface area contributed by atoms with Gasteiger partial charge in [0.25, 0.3) is 0 Å². The van der Waals surface area contributed by atoms with Gasteiger partial charge in [-0.2, -0.15) is 0 Å². The smallest absolute Gasteiger partial charge is 0.335 e. The number of nitrogens with zero attached hydrogens (tertiary/aromatic N) is 1. The van der Waals surface area contributed by atoms with Crippen molar-refractivity contribution in [1.82, 2.24) is 4.57 Å². The van der Waals surface area contributed by atoms with Crippen molar-refractivity contribution in [2.24, 2.45) is 0 Å². The first-order valence-corrected chi connectivity index (χ1v) is 7.31. The van der Waals surface area contributed by atoms with Crippen LogP contribution < -0.4 is 9.47 Å². The van der Waals surface area contributed by atoms with Gasteiger partial charge in [0, 0.05) is 22.8 Å². The highest BCUT2D eigenvalue weighted by Crippen LogP contribution is 2.36. The maximum atomic E-state index is 11.3. The van der Waals surface area contributed by atoms with Gasteiger partial charge in [0.05, 0.1) is 11.1 Å². The number of aromatic carboxylic acids is 1. The van der Waals surface area contributed by atoms with Crippen LogP contribution in [0.3, 0.4) is 0 Å². The van der Waals surface area contributed by atoms with Gasteiger partial charge in [0.2, 0.25) is 6.79 Å². The summed E-state index contributed by atoms with van der Waals surface area (Å²) in [5.74, 6) is 0.502. The third-order valence-corrected chi connectivity index (χ3v) is 4.38. The Kier molecular flexibility index (Phi) is 2.84. The van der Waals surface area contributed by atoms with Crippen LogP contribution in [0.5, 0.6) is 11.5 Å². The van der Waals surface area contributed by atoms with Gasteiger partial charge in [-0.1, -0.05) is 6.07 Å². The highest BCUT2D eigenvalue weighted by atomic mass is 16.7. The van der Waals surface area contributed by atoms with Gasteiger partial charge < -0.3 is 19.1 Å². The molecule has 5 nitrogen and oxygen atoms in total. The minimum Gasteiger partial charge on any atom is -0.478 e. The molecule has 1 aliphatic heterocycles. The van der Waals surface area contributed by atoms with Gasteiger partial charge >= 0.3 is 5.97 Å². The minimum atomic E-state index is -0.930. The summed E-state index contributed by atoms with van der Waals surface area (Å²) in [6.45, 7) is 4.30. The van der Waals surface area contributed by atoms with Crippen LogP contribution >= 0.6 is 0 Å². The van der Waals surface area contributed by atoms with Crippen LogP contribution in [0.2, 0.25) is 0 Å². The Morgan fingerprint density at radius 2 is 1.87 bits per heavy atom. The number of carbonyl (C=O) groups is 1. The van der Waals surface area contributed by atoms with E-state index in [0.717, 1.165) is 33.6 Å². The van der Waals surface area contributed by atoms with E-state index in [1.54, 1.807) is 12.1 Å². The van der Waals surface area contributed by atoms with Crippen molar-refractivity contribution < 1.29 is 19.4 Å². The molecule has 5 heteroatoms. The Morgan fingerprint density at radius 1 is 1.09 bits per heavy atom. The van der Waals surface area contributed by atoms with E-state index in [2.05, 4.69) is 4.57 Å². The molecule has 2 aromatic carbocycles. The van der Waals surface area contributed by atoms with E-state index in [0.29, 0.717) is 5.75 Å². The second-order valence-electron chi connectivity index (χ2n) is 5.62. The summed E-state index contributed by atoms with van der Waals surface area (Å²) in [4.78, 5) is 11.3. The Hall–Kier alpha value is -2.95. The Morgan fingerprint density at radius 3 is 2.65 bits per heavy atom. The number of hydrogen-bond acceptors (Lipinski definition) is 3. The number of benzene rings is 2. The van der Waals surface area contributed by atoms with Crippen LogP contribution in [0.25, 0.3) is 16.6 Å². The quantitative estimate of drug-likeness (QED) is 0.784. The zero-order chi connectivity index (χ0) is 16.1. The lowest BCUT2D eigenvalue weighted by molar-refractivity contribution is 0.0697. The predicted molar refractivity (Wildman–Crippen MR) is 85.8 cm³/mol. The van der Waals surface area contributed by atoms with E-state index < -0.39 is 5.97 Å². The highest BCUT2D eigenvalue weighted by Gasteiger charge is 2.18. The van der Waals surface area contributed by atoms with E-state index in [1.807, 2.05) is 38.1 Å². The summed E-state index contributed by atoms with van der Waals surface area (Å²) < 4.78 is 12.9. The minimum absolute atomic E-state index is 0.229. The van der Waals surface area contributed by atoms with Crippen molar-refractivity contribution in [3.05, 3.63) is 53.2 Å². The first-order chi connectivity index (χ1) is 11.1. The fourth-order valence-electron chi connectivity index (χ4n) is 3.07. The number of ether oxygens (including phenoxy) is 2. The predicted octanol–water partition coefficient (Wildman–Crippen LogP) is 3.67. The monoisotopic (exact) mass is 309 g/mol. The number of fused-ring (bicyclic) bond motifs is 2. The van der Waals surface area contributed by atoms with Gasteiger partial charge in [-0.3, -0.25) is 0 Å². The lowest BCUT2D eigenvalue weighted by atomic mass is 10.1. The number of rotatable bonds is 2. The molecule has 0 saturated carbocycles. The summed E-state index contributed by atoms with van der Waals surface area (Å²) >= 11 is 0. The molecule has 0 saturated heterocycles.